The lowest BCUT2D eigenvalue weighted by Gasteiger charge is -2.30. The molecule has 168 valence electrons. The van der Waals surface area contributed by atoms with Gasteiger partial charge in [0.15, 0.2) is 0 Å². The van der Waals surface area contributed by atoms with Gasteiger partial charge in [0.05, 0.1) is 0 Å². The highest BCUT2D eigenvalue weighted by Gasteiger charge is 2.27. The maximum absolute atomic E-state index is 13.2. The number of hydrogen-bond acceptors (Lipinski definition) is 3. The van der Waals surface area contributed by atoms with Crippen molar-refractivity contribution in [1.29, 1.82) is 0 Å². The Balaban J connectivity index is 2.02. The molecule has 0 aliphatic rings. The van der Waals surface area contributed by atoms with Crippen LogP contribution in [-0.2, 0) is 16.0 Å². The minimum absolute atomic E-state index is 0.0230. The molecule has 2 aromatic carbocycles. The molecule has 2 aromatic rings. The van der Waals surface area contributed by atoms with Gasteiger partial charge in [0.1, 0.15) is 6.04 Å². The smallest absolute Gasteiger partial charge is 0.242 e. The molecule has 4 nitrogen and oxygen atoms in total. The number of halogens is 1. The van der Waals surface area contributed by atoms with Gasteiger partial charge in [0.2, 0.25) is 11.8 Å². The maximum atomic E-state index is 13.2. The first-order valence-corrected chi connectivity index (χ1v) is 12.4. The lowest BCUT2D eigenvalue weighted by Crippen LogP contribution is -2.50. The molecule has 0 fully saturated rings. The Morgan fingerprint density at radius 2 is 1.77 bits per heavy atom. The van der Waals surface area contributed by atoms with Gasteiger partial charge in [0, 0.05) is 35.2 Å². The Labute approximate surface area is 195 Å². The number of amides is 2. The van der Waals surface area contributed by atoms with Crippen molar-refractivity contribution in [2.75, 3.05) is 18.8 Å². The topological polar surface area (TPSA) is 49.4 Å². The summed E-state index contributed by atoms with van der Waals surface area (Å²) < 4.78 is 0. The molecule has 0 heterocycles. The summed E-state index contributed by atoms with van der Waals surface area (Å²) in [5.74, 6) is 0.633. The van der Waals surface area contributed by atoms with E-state index in [1.54, 1.807) is 16.7 Å². The van der Waals surface area contributed by atoms with Gasteiger partial charge in [-0.3, -0.25) is 9.59 Å². The molecule has 2 amide bonds. The fourth-order valence-electron chi connectivity index (χ4n) is 3.33. The minimum Gasteiger partial charge on any atom is -0.354 e. The van der Waals surface area contributed by atoms with E-state index >= 15 is 0 Å². The van der Waals surface area contributed by atoms with Crippen LogP contribution in [0.15, 0.2) is 59.5 Å². The number of nitrogens with one attached hydrogen (secondary N) is 1. The first-order chi connectivity index (χ1) is 15.0. The molecule has 0 saturated heterocycles. The number of thioether (sulfide) groups is 1. The summed E-state index contributed by atoms with van der Waals surface area (Å²) >= 11 is 7.57. The quantitative estimate of drug-likeness (QED) is 0.313. The Morgan fingerprint density at radius 3 is 2.42 bits per heavy atom. The van der Waals surface area contributed by atoms with Crippen LogP contribution in [0, 0.1) is 0 Å². The molecule has 6 heteroatoms. The molecule has 1 atom stereocenters. The molecule has 0 unspecified atom stereocenters. The van der Waals surface area contributed by atoms with Crippen molar-refractivity contribution in [1.82, 2.24) is 10.2 Å². The van der Waals surface area contributed by atoms with E-state index in [2.05, 4.69) is 24.4 Å². The Hall–Kier alpha value is -1.98. The average molecular weight is 461 g/mol. The van der Waals surface area contributed by atoms with Crippen LogP contribution < -0.4 is 5.32 Å². The zero-order chi connectivity index (χ0) is 22.5. The molecule has 0 saturated carbocycles. The monoisotopic (exact) mass is 460 g/mol. The van der Waals surface area contributed by atoms with Crippen LogP contribution >= 0.6 is 23.4 Å². The van der Waals surface area contributed by atoms with Crippen molar-refractivity contribution in [3.63, 3.8) is 0 Å². The summed E-state index contributed by atoms with van der Waals surface area (Å²) in [5, 5.41) is 3.71. The largest absolute Gasteiger partial charge is 0.354 e. The summed E-state index contributed by atoms with van der Waals surface area (Å²) in [6.07, 6.45) is 3.69. The summed E-state index contributed by atoms with van der Waals surface area (Å²) in [7, 11) is 0. The standard InChI is InChI=1S/C25H33ClN2O2S/c1-3-5-17-27-25(30)23(4-2)28(18-15-20-9-7-6-8-10-20)24(29)16-19-31-22-13-11-21(26)12-14-22/h6-14,23H,3-5,15-19H2,1-2H3,(H,27,30)/t23-/m1/s1. The van der Waals surface area contributed by atoms with Crippen LogP contribution in [0.1, 0.15) is 45.1 Å². The molecule has 0 aromatic heterocycles. The fraction of sp³-hybridized carbons (Fsp3) is 0.440. The van der Waals surface area contributed by atoms with Gasteiger partial charge in [-0.05, 0) is 49.1 Å². The summed E-state index contributed by atoms with van der Waals surface area (Å²) in [5.41, 5.74) is 1.16. The van der Waals surface area contributed by atoms with Gasteiger partial charge in [-0.25, -0.2) is 0 Å². The zero-order valence-corrected chi connectivity index (χ0v) is 20.1. The first kappa shape index (κ1) is 25.3. The second-order valence-electron chi connectivity index (χ2n) is 7.44. The highest BCUT2D eigenvalue weighted by Crippen LogP contribution is 2.22. The summed E-state index contributed by atoms with van der Waals surface area (Å²) in [4.78, 5) is 28.8. The predicted octanol–water partition coefficient (Wildman–Crippen LogP) is 5.59. The number of hydrogen-bond donors (Lipinski definition) is 1. The van der Waals surface area contributed by atoms with E-state index in [0.29, 0.717) is 36.7 Å². The van der Waals surface area contributed by atoms with E-state index in [9.17, 15) is 9.59 Å². The van der Waals surface area contributed by atoms with Gasteiger partial charge >= 0.3 is 0 Å². The molecule has 31 heavy (non-hydrogen) atoms. The number of carbonyl (C=O) groups excluding carboxylic acids is 2. The molecule has 1 N–H and O–H groups in total. The van der Waals surface area contributed by atoms with Crippen molar-refractivity contribution in [2.45, 2.75) is 56.9 Å². The Morgan fingerprint density at radius 1 is 1.06 bits per heavy atom. The van der Waals surface area contributed by atoms with Gasteiger partial charge in [-0.1, -0.05) is 62.2 Å². The number of nitrogens with zero attached hydrogens (tertiary/aromatic N) is 1. The lowest BCUT2D eigenvalue weighted by molar-refractivity contribution is -0.140. The second-order valence-corrected chi connectivity index (χ2v) is 9.05. The fourth-order valence-corrected chi connectivity index (χ4v) is 4.30. The lowest BCUT2D eigenvalue weighted by atomic mass is 10.1. The van der Waals surface area contributed by atoms with Gasteiger partial charge in [-0.15, -0.1) is 11.8 Å². The van der Waals surface area contributed by atoms with E-state index in [-0.39, 0.29) is 11.8 Å². The molecular formula is C25H33ClN2O2S. The third-order valence-electron chi connectivity index (χ3n) is 5.10. The zero-order valence-electron chi connectivity index (χ0n) is 18.5. The van der Waals surface area contributed by atoms with E-state index in [4.69, 9.17) is 11.6 Å². The van der Waals surface area contributed by atoms with Gasteiger partial charge in [0.25, 0.3) is 0 Å². The van der Waals surface area contributed by atoms with Crippen LogP contribution in [0.2, 0.25) is 5.02 Å². The van der Waals surface area contributed by atoms with Crippen LogP contribution in [0.5, 0.6) is 0 Å². The van der Waals surface area contributed by atoms with Gasteiger partial charge < -0.3 is 10.2 Å². The van der Waals surface area contributed by atoms with E-state index < -0.39 is 6.04 Å². The SMILES string of the molecule is CCCCNC(=O)[C@@H](CC)N(CCc1ccccc1)C(=O)CCSc1ccc(Cl)cc1. The summed E-state index contributed by atoms with van der Waals surface area (Å²) in [6.45, 7) is 5.25. The molecule has 0 aliphatic carbocycles. The molecule has 0 spiro atoms. The van der Waals surface area contributed by atoms with E-state index in [1.165, 1.54) is 0 Å². The second kappa shape index (κ2) is 14.2. The van der Waals surface area contributed by atoms with E-state index in [1.807, 2.05) is 49.4 Å². The molecule has 2 rings (SSSR count). The number of unbranched alkanes of at least 4 members (excludes halogenated alkanes) is 1. The van der Waals surface area contributed by atoms with Crippen LogP contribution in [0.25, 0.3) is 0 Å². The maximum Gasteiger partial charge on any atom is 0.242 e. The minimum atomic E-state index is -0.436. The molecule has 0 aliphatic heterocycles. The first-order valence-electron chi connectivity index (χ1n) is 11.0. The van der Waals surface area contributed by atoms with Crippen molar-refractivity contribution in [2.24, 2.45) is 0 Å². The summed E-state index contributed by atoms with van der Waals surface area (Å²) in [6, 6.07) is 17.3. The van der Waals surface area contributed by atoms with Crippen molar-refractivity contribution in [3.8, 4) is 0 Å². The average Bonchev–Trinajstić information content (AvgIpc) is 2.78. The van der Waals surface area contributed by atoms with Crippen LogP contribution in [-0.4, -0.2) is 41.6 Å². The van der Waals surface area contributed by atoms with Gasteiger partial charge in [-0.2, -0.15) is 0 Å². The Bertz CT molecular complexity index is 799. The normalized spacial score (nSPS) is 11.7. The molecule has 0 radical (unpaired) electrons. The number of rotatable bonds is 13. The Kier molecular flexibility index (Phi) is 11.5. The van der Waals surface area contributed by atoms with Crippen molar-refractivity contribution >= 4 is 35.2 Å². The van der Waals surface area contributed by atoms with Crippen LogP contribution in [0.4, 0.5) is 0 Å². The predicted molar refractivity (Wildman–Crippen MR) is 131 cm³/mol. The van der Waals surface area contributed by atoms with Crippen molar-refractivity contribution < 1.29 is 9.59 Å². The number of carbonyl (C=O) groups is 2. The number of benzene rings is 2. The molecular weight excluding hydrogens is 428 g/mol. The van der Waals surface area contributed by atoms with E-state index in [0.717, 1.165) is 29.7 Å². The van der Waals surface area contributed by atoms with Crippen molar-refractivity contribution in [3.05, 3.63) is 65.2 Å². The third-order valence-corrected chi connectivity index (χ3v) is 6.36. The third kappa shape index (κ3) is 8.96. The van der Waals surface area contributed by atoms with Crippen LogP contribution in [0.3, 0.4) is 0 Å². The highest BCUT2D eigenvalue weighted by molar-refractivity contribution is 7.99. The molecule has 0 bridgehead atoms. The highest BCUT2D eigenvalue weighted by atomic mass is 35.5.